The highest BCUT2D eigenvalue weighted by atomic mass is 19.1. The summed E-state index contributed by atoms with van der Waals surface area (Å²) in [7, 11) is 0. The molecule has 0 aliphatic heterocycles. The van der Waals surface area contributed by atoms with Crippen molar-refractivity contribution >= 4 is 5.96 Å². The van der Waals surface area contributed by atoms with E-state index in [1.54, 1.807) is 6.07 Å². The van der Waals surface area contributed by atoms with Crippen LogP contribution < -0.4 is 11.1 Å². The summed E-state index contributed by atoms with van der Waals surface area (Å²) in [4.78, 5) is 4.34. The van der Waals surface area contributed by atoms with Gasteiger partial charge in [-0.2, -0.15) is 0 Å². The Labute approximate surface area is 114 Å². The van der Waals surface area contributed by atoms with Crippen LogP contribution in [0.4, 0.5) is 4.39 Å². The van der Waals surface area contributed by atoms with E-state index in [2.05, 4.69) is 10.3 Å². The van der Waals surface area contributed by atoms with Gasteiger partial charge in [0.05, 0.1) is 0 Å². The number of aliphatic imine (C=N–C) groups is 1. The van der Waals surface area contributed by atoms with E-state index < -0.39 is 0 Å². The molecule has 0 heterocycles. The predicted molar refractivity (Wildman–Crippen MR) is 76.7 cm³/mol. The zero-order valence-electron chi connectivity index (χ0n) is 11.5. The molecule has 1 aliphatic rings. The predicted octanol–water partition coefficient (Wildman–Crippen LogP) is 2.52. The van der Waals surface area contributed by atoms with Crippen molar-refractivity contribution in [3.8, 4) is 0 Å². The molecular weight excluding hydrogens is 241 g/mol. The Morgan fingerprint density at radius 1 is 1.42 bits per heavy atom. The average Bonchev–Trinajstić information content (AvgIpc) is 2.84. The number of hydrogen-bond acceptors (Lipinski definition) is 1. The van der Waals surface area contributed by atoms with Crippen LogP contribution in [0.3, 0.4) is 0 Å². The summed E-state index contributed by atoms with van der Waals surface area (Å²) in [5, 5.41) is 3.26. The highest BCUT2D eigenvalue weighted by molar-refractivity contribution is 5.78. The highest BCUT2D eigenvalue weighted by Gasteiger charge is 2.14. The molecule has 0 unspecified atom stereocenters. The lowest BCUT2D eigenvalue weighted by Gasteiger charge is -2.12. The second-order valence-electron chi connectivity index (χ2n) is 5.21. The molecule has 1 aliphatic carbocycles. The van der Waals surface area contributed by atoms with Crippen LogP contribution in [0.15, 0.2) is 23.2 Å². The van der Waals surface area contributed by atoms with Gasteiger partial charge in [0.15, 0.2) is 5.96 Å². The SMILES string of the molecule is Cc1cc(F)ccc1CCN=C(N)NC1CCCC1. The molecule has 0 amide bonds. The Kier molecular flexibility index (Phi) is 4.77. The molecule has 4 heteroatoms. The molecule has 1 fully saturated rings. The lowest BCUT2D eigenvalue weighted by atomic mass is 10.1. The number of rotatable bonds is 4. The highest BCUT2D eigenvalue weighted by Crippen LogP contribution is 2.17. The van der Waals surface area contributed by atoms with E-state index in [1.807, 2.05) is 13.0 Å². The lowest BCUT2D eigenvalue weighted by molar-refractivity contribution is 0.623. The van der Waals surface area contributed by atoms with Crippen LogP contribution >= 0.6 is 0 Å². The maximum absolute atomic E-state index is 13.0. The van der Waals surface area contributed by atoms with Crippen LogP contribution in [0.5, 0.6) is 0 Å². The van der Waals surface area contributed by atoms with Crippen molar-refractivity contribution in [3.63, 3.8) is 0 Å². The number of nitrogens with one attached hydrogen (secondary N) is 1. The van der Waals surface area contributed by atoms with Crippen molar-refractivity contribution in [2.24, 2.45) is 10.7 Å². The average molecular weight is 263 g/mol. The van der Waals surface area contributed by atoms with Crippen molar-refractivity contribution < 1.29 is 4.39 Å². The third-order valence-electron chi connectivity index (χ3n) is 3.68. The quantitative estimate of drug-likeness (QED) is 0.648. The molecular formula is C15H22FN3. The van der Waals surface area contributed by atoms with E-state index in [9.17, 15) is 4.39 Å². The maximum Gasteiger partial charge on any atom is 0.188 e. The third-order valence-corrected chi connectivity index (χ3v) is 3.68. The fourth-order valence-electron chi connectivity index (χ4n) is 2.56. The Bertz CT molecular complexity index is 451. The minimum Gasteiger partial charge on any atom is -0.370 e. The molecule has 19 heavy (non-hydrogen) atoms. The lowest BCUT2D eigenvalue weighted by Crippen LogP contribution is -2.38. The summed E-state index contributed by atoms with van der Waals surface area (Å²) in [6.07, 6.45) is 5.72. The first-order valence-corrected chi connectivity index (χ1v) is 6.96. The molecule has 0 saturated heterocycles. The van der Waals surface area contributed by atoms with Gasteiger partial charge in [0.1, 0.15) is 5.82 Å². The van der Waals surface area contributed by atoms with Crippen LogP contribution in [0.25, 0.3) is 0 Å². The van der Waals surface area contributed by atoms with Crippen LogP contribution in [-0.4, -0.2) is 18.5 Å². The fraction of sp³-hybridized carbons (Fsp3) is 0.533. The standard InChI is InChI=1S/C15H22FN3/c1-11-10-13(16)7-6-12(11)8-9-18-15(17)19-14-4-2-3-5-14/h6-7,10,14H,2-5,8-9H2,1H3,(H3,17,18,19). The van der Waals surface area contributed by atoms with Crippen molar-refractivity contribution in [2.75, 3.05) is 6.54 Å². The van der Waals surface area contributed by atoms with E-state index in [4.69, 9.17) is 5.73 Å². The van der Waals surface area contributed by atoms with Crippen LogP contribution in [0.1, 0.15) is 36.8 Å². The first-order chi connectivity index (χ1) is 9.15. The van der Waals surface area contributed by atoms with E-state index in [1.165, 1.54) is 31.7 Å². The van der Waals surface area contributed by atoms with E-state index in [0.29, 0.717) is 18.5 Å². The van der Waals surface area contributed by atoms with Gasteiger partial charge in [-0.15, -0.1) is 0 Å². The number of nitrogens with zero attached hydrogens (tertiary/aromatic N) is 1. The Morgan fingerprint density at radius 3 is 2.84 bits per heavy atom. The van der Waals surface area contributed by atoms with Crippen LogP contribution in [0, 0.1) is 12.7 Å². The summed E-state index contributed by atoms with van der Waals surface area (Å²) < 4.78 is 13.0. The number of aryl methyl sites for hydroxylation is 1. The minimum absolute atomic E-state index is 0.188. The van der Waals surface area contributed by atoms with Gasteiger partial charge in [-0.05, 0) is 49.4 Å². The van der Waals surface area contributed by atoms with Crippen molar-refractivity contribution in [3.05, 3.63) is 35.1 Å². The van der Waals surface area contributed by atoms with Gasteiger partial charge in [-0.3, -0.25) is 4.99 Å². The molecule has 0 spiro atoms. The molecule has 1 aromatic rings. The number of halogens is 1. The molecule has 2 rings (SSSR count). The first kappa shape index (κ1) is 13.8. The summed E-state index contributed by atoms with van der Waals surface area (Å²) >= 11 is 0. The number of nitrogens with two attached hydrogens (primary N) is 1. The van der Waals surface area contributed by atoms with Gasteiger partial charge in [0.25, 0.3) is 0 Å². The summed E-state index contributed by atoms with van der Waals surface area (Å²) in [5.74, 6) is 0.346. The monoisotopic (exact) mass is 263 g/mol. The number of hydrogen-bond donors (Lipinski definition) is 2. The van der Waals surface area contributed by atoms with E-state index in [-0.39, 0.29) is 5.82 Å². The zero-order valence-corrected chi connectivity index (χ0v) is 11.5. The van der Waals surface area contributed by atoms with Gasteiger partial charge >= 0.3 is 0 Å². The number of benzene rings is 1. The molecule has 1 aromatic carbocycles. The van der Waals surface area contributed by atoms with Gasteiger partial charge in [-0.1, -0.05) is 18.9 Å². The second kappa shape index (κ2) is 6.55. The minimum atomic E-state index is -0.188. The van der Waals surface area contributed by atoms with E-state index >= 15 is 0 Å². The Morgan fingerprint density at radius 2 is 2.16 bits per heavy atom. The second-order valence-corrected chi connectivity index (χ2v) is 5.21. The van der Waals surface area contributed by atoms with Gasteiger partial charge in [0.2, 0.25) is 0 Å². The molecule has 0 radical (unpaired) electrons. The maximum atomic E-state index is 13.0. The van der Waals surface area contributed by atoms with Crippen molar-refractivity contribution in [1.29, 1.82) is 0 Å². The first-order valence-electron chi connectivity index (χ1n) is 6.96. The van der Waals surface area contributed by atoms with Crippen molar-refractivity contribution in [1.82, 2.24) is 5.32 Å². The molecule has 0 atom stereocenters. The zero-order chi connectivity index (χ0) is 13.7. The molecule has 104 valence electrons. The summed E-state index contributed by atoms with van der Waals surface area (Å²) in [5.41, 5.74) is 7.95. The van der Waals surface area contributed by atoms with Gasteiger partial charge in [-0.25, -0.2) is 4.39 Å². The fourth-order valence-corrected chi connectivity index (χ4v) is 2.56. The molecule has 0 bridgehead atoms. The van der Waals surface area contributed by atoms with Gasteiger partial charge in [0, 0.05) is 12.6 Å². The number of guanidine groups is 1. The van der Waals surface area contributed by atoms with Crippen LogP contribution in [0.2, 0.25) is 0 Å². The van der Waals surface area contributed by atoms with Crippen LogP contribution in [-0.2, 0) is 6.42 Å². The normalized spacial score (nSPS) is 16.8. The molecule has 3 nitrogen and oxygen atoms in total. The summed E-state index contributed by atoms with van der Waals surface area (Å²) in [6, 6.07) is 5.36. The smallest absolute Gasteiger partial charge is 0.188 e. The summed E-state index contributed by atoms with van der Waals surface area (Å²) in [6.45, 7) is 2.56. The Balaban J connectivity index is 1.81. The topological polar surface area (TPSA) is 50.4 Å². The van der Waals surface area contributed by atoms with Crippen molar-refractivity contribution in [2.45, 2.75) is 45.1 Å². The third kappa shape index (κ3) is 4.23. The van der Waals surface area contributed by atoms with E-state index in [0.717, 1.165) is 17.5 Å². The largest absolute Gasteiger partial charge is 0.370 e. The molecule has 1 saturated carbocycles. The molecule has 0 aromatic heterocycles. The Hall–Kier alpha value is -1.58. The molecule has 3 N–H and O–H groups in total. The van der Waals surface area contributed by atoms with Gasteiger partial charge < -0.3 is 11.1 Å².